The minimum atomic E-state index is -1.74. The van der Waals surface area contributed by atoms with E-state index < -0.39 is 74.6 Å². The first-order valence-electron chi connectivity index (χ1n) is 9.73. The number of aliphatic hydroxyl groups is 7. The topological polar surface area (TPSA) is 191 Å². The number of benzene rings is 1. The van der Waals surface area contributed by atoms with Crippen LogP contribution >= 0.6 is 12.2 Å². The van der Waals surface area contributed by atoms with Gasteiger partial charge in [-0.2, -0.15) is 4.99 Å². The second-order valence-corrected chi connectivity index (χ2v) is 7.50. The lowest BCUT2D eigenvalue weighted by Crippen LogP contribution is -2.65. The third kappa shape index (κ3) is 5.31. The second kappa shape index (κ2) is 11.0. The molecule has 1 aromatic carbocycles. The van der Waals surface area contributed by atoms with Crippen molar-refractivity contribution in [3.05, 3.63) is 24.3 Å². The Morgan fingerprint density at radius 3 is 2.00 bits per heavy atom. The Labute approximate surface area is 187 Å². The van der Waals surface area contributed by atoms with Crippen LogP contribution in [0.5, 0.6) is 5.75 Å². The monoisotopic (exact) mass is 475 g/mol. The fourth-order valence-electron chi connectivity index (χ4n) is 3.44. The van der Waals surface area contributed by atoms with Gasteiger partial charge in [0.05, 0.1) is 24.1 Å². The number of hydrogen-bond acceptors (Lipinski definition) is 13. The maximum Gasteiger partial charge on any atom is 0.229 e. The van der Waals surface area contributed by atoms with Crippen molar-refractivity contribution in [3.63, 3.8) is 0 Å². The number of ether oxygens (including phenoxy) is 4. The maximum absolute atomic E-state index is 10.6. The molecule has 32 heavy (non-hydrogen) atoms. The highest BCUT2D eigenvalue weighted by Gasteiger charge is 2.51. The molecular weight excluding hydrogens is 450 g/mol. The van der Waals surface area contributed by atoms with E-state index in [-0.39, 0.29) is 5.75 Å². The summed E-state index contributed by atoms with van der Waals surface area (Å²) < 4.78 is 21.8. The Bertz CT molecular complexity index is 788. The molecule has 178 valence electrons. The second-order valence-electron chi connectivity index (χ2n) is 7.32. The highest BCUT2D eigenvalue weighted by molar-refractivity contribution is 7.78. The highest BCUT2D eigenvalue weighted by atomic mass is 32.1. The average Bonchev–Trinajstić information content (AvgIpc) is 2.80. The molecule has 0 bridgehead atoms. The number of rotatable bonds is 7. The normalized spacial score (nSPS) is 39.8. The van der Waals surface area contributed by atoms with E-state index in [1.165, 1.54) is 12.1 Å². The van der Waals surface area contributed by atoms with Gasteiger partial charge in [0, 0.05) is 0 Å². The highest BCUT2D eigenvalue weighted by Crippen LogP contribution is 2.30. The summed E-state index contributed by atoms with van der Waals surface area (Å²) in [6.45, 7) is -1.33. The van der Waals surface area contributed by atoms with Crippen molar-refractivity contribution >= 4 is 23.1 Å². The van der Waals surface area contributed by atoms with Crippen LogP contribution in [0.25, 0.3) is 0 Å². The van der Waals surface area contributed by atoms with Crippen LogP contribution in [0.1, 0.15) is 0 Å². The van der Waals surface area contributed by atoms with Gasteiger partial charge in [0.15, 0.2) is 6.29 Å². The fraction of sp³-hybridized carbons (Fsp3) is 0.632. The molecule has 0 aromatic heterocycles. The predicted octanol–water partition coefficient (Wildman–Crippen LogP) is -2.58. The third-order valence-electron chi connectivity index (χ3n) is 5.22. The summed E-state index contributed by atoms with van der Waals surface area (Å²) in [6.07, 6.45) is -15.2. The standard InChI is InChI=1S/C19H25NO11S/c21-5-10-12(23)13(24)15(26)19(29-10)31-17-11(6-22)30-18(16(27)14(17)25)28-9-3-1-8(2-4-9)20-7-32/h1-4,10-19,21-27H,5-6H2. The van der Waals surface area contributed by atoms with Gasteiger partial charge in [-0.1, -0.05) is 0 Å². The van der Waals surface area contributed by atoms with E-state index in [0.717, 1.165) is 0 Å². The number of thiocarbonyl (C=S) groups is 1. The lowest BCUT2D eigenvalue weighted by Gasteiger charge is -2.45. The first-order chi connectivity index (χ1) is 15.3. The van der Waals surface area contributed by atoms with E-state index in [4.69, 9.17) is 18.9 Å². The molecule has 0 aliphatic carbocycles. The Hall–Kier alpha value is -1.58. The van der Waals surface area contributed by atoms with E-state index in [1.807, 2.05) is 0 Å². The molecule has 2 aliphatic rings. The van der Waals surface area contributed by atoms with Gasteiger partial charge >= 0.3 is 0 Å². The minimum Gasteiger partial charge on any atom is -0.462 e. The minimum absolute atomic E-state index is 0.273. The van der Waals surface area contributed by atoms with Crippen molar-refractivity contribution in [2.75, 3.05) is 13.2 Å². The van der Waals surface area contributed by atoms with Crippen LogP contribution in [0.4, 0.5) is 5.69 Å². The molecule has 0 saturated carbocycles. The van der Waals surface area contributed by atoms with Crippen molar-refractivity contribution in [3.8, 4) is 5.75 Å². The maximum atomic E-state index is 10.6. The molecule has 0 amide bonds. The van der Waals surface area contributed by atoms with Gasteiger partial charge in [-0.25, -0.2) is 0 Å². The van der Waals surface area contributed by atoms with Crippen LogP contribution < -0.4 is 4.74 Å². The van der Waals surface area contributed by atoms with Gasteiger partial charge < -0.3 is 54.7 Å². The molecule has 0 spiro atoms. The van der Waals surface area contributed by atoms with Crippen LogP contribution in [0.3, 0.4) is 0 Å². The first kappa shape index (κ1) is 25.1. The molecular formula is C19H25NO11S. The zero-order chi connectivity index (χ0) is 23.4. The molecule has 3 rings (SSSR count). The van der Waals surface area contributed by atoms with Crippen molar-refractivity contribution in [1.82, 2.24) is 0 Å². The summed E-state index contributed by atoms with van der Waals surface area (Å²) in [5, 5.41) is 72.2. The van der Waals surface area contributed by atoms with Gasteiger partial charge in [-0.05, 0) is 36.5 Å². The largest absolute Gasteiger partial charge is 0.462 e. The van der Waals surface area contributed by atoms with Crippen LogP contribution in [0.2, 0.25) is 0 Å². The molecule has 2 fully saturated rings. The average molecular weight is 475 g/mol. The van der Waals surface area contributed by atoms with Crippen LogP contribution in [0, 0.1) is 0 Å². The van der Waals surface area contributed by atoms with Crippen molar-refractivity contribution < 1.29 is 54.7 Å². The van der Waals surface area contributed by atoms with Gasteiger partial charge in [0.25, 0.3) is 0 Å². The zero-order valence-electron chi connectivity index (χ0n) is 16.6. The van der Waals surface area contributed by atoms with Gasteiger partial charge in [0.2, 0.25) is 6.29 Å². The van der Waals surface area contributed by atoms with E-state index in [0.29, 0.717) is 5.69 Å². The van der Waals surface area contributed by atoms with Gasteiger partial charge in [0.1, 0.15) is 54.6 Å². The molecule has 12 nitrogen and oxygen atoms in total. The molecule has 2 aliphatic heterocycles. The van der Waals surface area contributed by atoms with E-state index in [1.54, 1.807) is 12.1 Å². The van der Waals surface area contributed by atoms with E-state index in [2.05, 4.69) is 22.4 Å². The molecule has 1 aromatic rings. The van der Waals surface area contributed by atoms with E-state index >= 15 is 0 Å². The lowest BCUT2D eigenvalue weighted by atomic mass is 9.97. The summed E-state index contributed by atoms with van der Waals surface area (Å²) in [5.74, 6) is 0.273. The molecule has 2 saturated heterocycles. The smallest absolute Gasteiger partial charge is 0.229 e. The number of aliphatic imine (C=N–C) groups is 1. The Balaban J connectivity index is 1.70. The Morgan fingerprint density at radius 1 is 0.812 bits per heavy atom. The van der Waals surface area contributed by atoms with Crippen molar-refractivity contribution in [1.29, 1.82) is 0 Å². The number of aliphatic hydroxyl groups excluding tert-OH is 7. The lowest BCUT2D eigenvalue weighted by molar-refractivity contribution is -0.352. The number of hydrogen-bond donors (Lipinski definition) is 7. The molecule has 10 unspecified atom stereocenters. The summed E-state index contributed by atoms with van der Waals surface area (Å²) in [7, 11) is 0. The fourth-order valence-corrected chi connectivity index (χ4v) is 3.54. The van der Waals surface area contributed by atoms with Crippen molar-refractivity contribution in [2.45, 2.75) is 61.4 Å². The predicted molar refractivity (Wildman–Crippen MR) is 108 cm³/mol. The zero-order valence-corrected chi connectivity index (χ0v) is 17.4. The van der Waals surface area contributed by atoms with Gasteiger partial charge in [-0.3, -0.25) is 0 Å². The molecule has 0 radical (unpaired) electrons. The first-order valence-corrected chi connectivity index (χ1v) is 10.1. The number of nitrogens with zero attached hydrogens (tertiary/aromatic N) is 1. The summed E-state index contributed by atoms with van der Waals surface area (Å²) in [4.78, 5) is 3.80. The SMILES string of the molecule is OCC1OC(OC2C(CO)OC(Oc3ccc(N=C=S)cc3)C(O)C2O)C(O)C(O)C1O. The van der Waals surface area contributed by atoms with E-state index in [9.17, 15) is 35.7 Å². The third-order valence-corrected chi connectivity index (χ3v) is 5.32. The molecule has 2 heterocycles. The Kier molecular flexibility index (Phi) is 8.63. The molecule has 7 N–H and O–H groups in total. The number of isothiocyanates is 1. The summed E-state index contributed by atoms with van der Waals surface area (Å²) in [6, 6.07) is 6.21. The quantitative estimate of drug-likeness (QED) is 0.161. The van der Waals surface area contributed by atoms with Crippen LogP contribution in [-0.2, 0) is 14.2 Å². The van der Waals surface area contributed by atoms with Crippen molar-refractivity contribution in [2.24, 2.45) is 4.99 Å². The van der Waals surface area contributed by atoms with Crippen LogP contribution in [-0.4, -0.2) is 116 Å². The van der Waals surface area contributed by atoms with Crippen LogP contribution in [0.15, 0.2) is 29.3 Å². The Morgan fingerprint density at radius 2 is 1.41 bits per heavy atom. The molecule has 13 heteroatoms. The molecule has 10 atom stereocenters. The van der Waals surface area contributed by atoms with Gasteiger partial charge in [-0.15, -0.1) is 0 Å². The summed E-state index contributed by atoms with van der Waals surface area (Å²) >= 11 is 4.53. The summed E-state index contributed by atoms with van der Waals surface area (Å²) in [5.41, 5.74) is 0.527.